The van der Waals surface area contributed by atoms with Gasteiger partial charge in [0, 0.05) is 11.8 Å². The molecule has 1 rings (SSSR count). The van der Waals surface area contributed by atoms with E-state index in [2.05, 4.69) is 0 Å². The van der Waals surface area contributed by atoms with Crippen LogP contribution in [-0.2, 0) is 9.84 Å². The summed E-state index contributed by atoms with van der Waals surface area (Å²) in [5.41, 5.74) is 0.296. The standard InChI is InChI=1S/C12H16O5S/c1-4-17-12-7-9(5-6-11(12)16-2)10(13)8-18(3,14)15/h5-7H,4,8H2,1-3H3. The number of carbonyl (C=O) groups excluding carboxylic acids is 1. The van der Waals surface area contributed by atoms with Crippen molar-refractivity contribution in [2.24, 2.45) is 0 Å². The van der Waals surface area contributed by atoms with Crippen molar-refractivity contribution in [1.29, 1.82) is 0 Å². The molecule has 6 heteroatoms. The molecular formula is C12H16O5S. The molecule has 0 heterocycles. The summed E-state index contributed by atoms with van der Waals surface area (Å²) in [6.45, 7) is 2.24. The molecule has 0 radical (unpaired) electrons. The van der Waals surface area contributed by atoms with Crippen molar-refractivity contribution >= 4 is 15.6 Å². The molecule has 5 nitrogen and oxygen atoms in total. The summed E-state index contributed by atoms with van der Waals surface area (Å²) >= 11 is 0. The third-order valence-electron chi connectivity index (χ3n) is 2.18. The first-order valence-corrected chi connectivity index (χ1v) is 7.45. The topological polar surface area (TPSA) is 69.7 Å². The number of methoxy groups -OCH3 is 1. The van der Waals surface area contributed by atoms with Crippen LogP contribution in [0.2, 0.25) is 0 Å². The summed E-state index contributed by atoms with van der Waals surface area (Å²) < 4.78 is 32.5. The Hall–Kier alpha value is -1.56. The Bertz CT molecular complexity index is 533. The highest BCUT2D eigenvalue weighted by Gasteiger charge is 2.15. The third-order valence-corrected chi connectivity index (χ3v) is 2.97. The van der Waals surface area contributed by atoms with Crippen molar-refractivity contribution in [1.82, 2.24) is 0 Å². The van der Waals surface area contributed by atoms with Gasteiger partial charge in [-0.1, -0.05) is 0 Å². The van der Waals surface area contributed by atoms with Crippen LogP contribution in [0.1, 0.15) is 17.3 Å². The molecule has 0 unspecified atom stereocenters. The summed E-state index contributed by atoms with van der Waals surface area (Å²) in [7, 11) is -1.84. The van der Waals surface area contributed by atoms with Crippen LogP contribution in [0.4, 0.5) is 0 Å². The summed E-state index contributed by atoms with van der Waals surface area (Å²) in [6.07, 6.45) is 1.03. The van der Waals surface area contributed by atoms with E-state index in [0.717, 1.165) is 6.26 Å². The third kappa shape index (κ3) is 4.03. The minimum absolute atomic E-state index is 0.296. The fraction of sp³-hybridized carbons (Fsp3) is 0.417. The molecule has 0 atom stereocenters. The van der Waals surface area contributed by atoms with E-state index in [1.54, 1.807) is 6.07 Å². The summed E-state index contributed by atoms with van der Waals surface area (Å²) in [6, 6.07) is 4.60. The lowest BCUT2D eigenvalue weighted by Gasteiger charge is -2.10. The first kappa shape index (κ1) is 14.5. The Morgan fingerprint density at radius 2 is 1.94 bits per heavy atom. The molecule has 0 aromatic heterocycles. The normalized spacial score (nSPS) is 11.1. The average molecular weight is 272 g/mol. The molecule has 0 fully saturated rings. The number of ether oxygens (including phenoxy) is 2. The van der Waals surface area contributed by atoms with Gasteiger partial charge in [0.1, 0.15) is 5.75 Å². The van der Waals surface area contributed by atoms with Crippen LogP contribution in [0.25, 0.3) is 0 Å². The monoisotopic (exact) mass is 272 g/mol. The van der Waals surface area contributed by atoms with E-state index in [9.17, 15) is 13.2 Å². The molecule has 0 bridgehead atoms. The number of benzene rings is 1. The van der Waals surface area contributed by atoms with Gasteiger partial charge < -0.3 is 9.47 Å². The van der Waals surface area contributed by atoms with Gasteiger partial charge >= 0.3 is 0 Å². The first-order chi connectivity index (χ1) is 8.37. The highest BCUT2D eigenvalue weighted by atomic mass is 32.2. The summed E-state index contributed by atoms with van der Waals surface area (Å²) in [5.74, 6) is -0.0292. The first-order valence-electron chi connectivity index (χ1n) is 5.39. The molecule has 0 saturated carbocycles. The lowest BCUT2D eigenvalue weighted by Crippen LogP contribution is -2.14. The highest BCUT2D eigenvalue weighted by molar-refractivity contribution is 7.91. The fourth-order valence-electron chi connectivity index (χ4n) is 1.44. The van der Waals surface area contributed by atoms with Gasteiger partial charge in [0.2, 0.25) is 0 Å². The number of rotatable bonds is 6. The molecule has 0 spiro atoms. The molecule has 1 aromatic rings. The fourth-order valence-corrected chi connectivity index (χ4v) is 2.08. The van der Waals surface area contributed by atoms with E-state index < -0.39 is 21.4 Å². The Morgan fingerprint density at radius 3 is 2.44 bits per heavy atom. The smallest absolute Gasteiger partial charge is 0.177 e. The van der Waals surface area contributed by atoms with Crippen LogP contribution in [0.5, 0.6) is 11.5 Å². The number of ketones is 1. The molecule has 0 N–H and O–H groups in total. The van der Waals surface area contributed by atoms with Crippen LogP contribution in [-0.4, -0.2) is 39.9 Å². The van der Waals surface area contributed by atoms with Crippen LogP contribution >= 0.6 is 0 Å². The van der Waals surface area contributed by atoms with Gasteiger partial charge in [0.15, 0.2) is 27.1 Å². The van der Waals surface area contributed by atoms with Gasteiger partial charge in [-0.2, -0.15) is 0 Å². The Balaban J connectivity index is 3.04. The molecule has 18 heavy (non-hydrogen) atoms. The molecular weight excluding hydrogens is 256 g/mol. The molecule has 100 valence electrons. The van der Waals surface area contributed by atoms with Crippen molar-refractivity contribution in [3.63, 3.8) is 0 Å². The maximum Gasteiger partial charge on any atom is 0.177 e. The molecule has 0 aliphatic carbocycles. The van der Waals surface area contributed by atoms with E-state index in [1.165, 1.54) is 19.2 Å². The lowest BCUT2D eigenvalue weighted by molar-refractivity contribution is 0.102. The van der Waals surface area contributed by atoms with E-state index >= 15 is 0 Å². The van der Waals surface area contributed by atoms with Gasteiger partial charge in [0.05, 0.1) is 13.7 Å². The second kappa shape index (κ2) is 5.86. The predicted octanol–water partition coefficient (Wildman–Crippen LogP) is 1.32. The van der Waals surface area contributed by atoms with Crippen molar-refractivity contribution in [3.05, 3.63) is 23.8 Å². The lowest BCUT2D eigenvalue weighted by atomic mass is 10.1. The number of carbonyl (C=O) groups is 1. The Morgan fingerprint density at radius 1 is 1.28 bits per heavy atom. The quantitative estimate of drug-likeness (QED) is 0.730. The second-order valence-electron chi connectivity index (χ2n) is 3.79. The predicted molar refractivity (Wildman–Crippen MR) is 68.2 cm³/mol. The van der Waals surface area contributed by atoms with E-state index in [-0.39, 0.29) is 0 Å². The largest absolute Gasteiger partial charge is 0.493 e. The number of Topliss-reactive ketones (excluding diaryl/α,β-unsaturated/α-hetero) is 1. The summed E-state index contributed by atoms with van der Waals surface area (Å²) in [4.78, 5) is 11.7. The zero-order chi connectivity index (χ0) is 13.8. The van der Waals surface area contributed by atoms with Gasteiger partial charge in [0.25, 0.3) is 0 Å². The second-order valence-corrected chi connectivity index (χ2v) is 5.93. The van der Waals surface area contributed by atoms with Crippen LogP contribution < -0.4 is 9.47 Å². The van der Waals surface area contributed by atoms with Crippen LogP contribution in [0.15, 0.2) is 18.2 Å². The summed E-state index contributed by atoms with van der Waals surface area (Å²) in [5, 5.41) is 0. The molecule has 0 saturated heterocycles. The maximum atomic E-state index is 11.7. The van der Waals surface area contributed by atoms with Crippen LogP contribution in [0, 0.1) is 0 Å². The van der Waals surface area contributed by atoms with E-state index in [4.69, 9.17) is 9.47 Å². The minimum Gasteiger partial charge on any atom is -0.493 e. The number of hydrogen-bond acceptors (Lipinski definition) is 5. The van der Waals surface area contributed by atoms with Crippen LogP contribution in [0.3, 0.4) is 0 Å². The SMILES string of the molecule is CCOc1cc(C(=O)CS(C)(=O)=O)ccc1OC. The average Bonchev–Trinajstić information content (AvgIpc) is 2.27. The van der Waals surface area contributed by atoms with Gasteiger partial charge in [-0.3, -0.25) is 4.79 Å². The molecule has 1 aromatic carbocycles. The molecule has 0 aliphatic heterocycles. The minimum atomic E-state index is -3.33. The number of hydrogen-bond donors (Lipinski definition) is 0. The van der Waals surface area contributed by atoms with Crippen molar-refractivity contribution in [2.45, 2.75) is 6.92 Å². The van der Waals surface area contributed by atoms with Crippen molar-refractivity contribution < 1.29 is 22.7 Å². The highest BCUT2D eigenvalue weighted by Crippen LogP contribution is 2.28. The Labute approximate surface area is 107 Å². The maximum absolute atomic E-state index is 11.7. The van der Waals surface area contributed by atoms with Gasteiger partial charge in [-0.25, -0.2) is 8.42 Å². The van der Waals surface area contributed by atoms with Gasteiger partial charge in [-0.15, -0.1) is 0 Å². The van der Waals surface area contributed by atoms with Crippen molar-refractivity contribution in [2.75, 3.05) is 25.7 Å². The number of sulfone groups is 1. The Kier molecular flexibility index (Phi) is 4.72. The molecule has 0 amide bonds. The van der Waals surface area contributed by atoms with E-state index in [1.807, 2.05) is 6.92 Å². The molecule has 0 aliphatic rings. The van der Waals surface area contributed by atoms with Crippen molar-refractivity contribution in [3.8, 4) is 11.5 Å². The van der Waals surface area contributed by atoms with E-state index in [0.29, 0.717) is 23.7 Å². The van der Waals surface area contributed by atoms with Gasteiger partial charge in [-0.05, 0) is 25.1 Å². The zero-order valence-electron chi connectivity index (χ0n) is 10.6. The zero-order valence-corrected chi connectivity index (χ0v) is 11.4.